The van der Waals surface area contributed by atoms with Crippen LogP contribution >= 0.6 is 11.6 Å². The zero-order valence-electron chi connectivity index (χ0n) is 11.0. The number of aliphatic imine (C=N–C) groups is 1. The Morgan fingerprint density at radius 1 is 1.05 bits per heavy atom. The average Bonchev–Trinajstić information content (AvgIpc) is 2.39. The third-order valence-electron chi connectivity index (χ3n) is 2.46. The maximum atomic E-state index is 6.04. The Morgan fingerprint density at radius 3 is 2.37 bits per heavy atom. The third-order valence-corrected chi connectivity index (χ3v) is 2.78. The van der Waals surface area contributed by atoms with Crippen molar-refractivity contribution >= 4 is 23.5 Å². The van der Waals surface area contributed by atoms with Crippen LogP contribution < -0.4 is 4.74 Å². The lowest BCUT2D eigenvalue weighted by atomic mass is 10.2. The van der Waals surface area contributed by atoms with Gasteiger partial charge in [0.1, 0.15) is 5.75 Å². The lowest BCUT2D eigenvalue weighted by Crippen LogP contribution is -2.05. The lowest BCUT2D eigenvalue weighted by Gasteiger charge is -2.09. The zero-order chi connectivity index (χ0) is 13.7. The van der Waals surface area contributed by atoms with Crippen molar-refractivity contribution in [1.29, 1.82) is 0 Å². The van der Waals surface area contributed by atoms with E-state index in [0.717, 1.165) is 17.0 Å². The van der Waals surface area contributed by atoms with Crippen LogP contribution in [0.4, 0.5) is 5.69 Å². The molecule has 0 radical (unpaired) electrons. The monoisotopic (exact) mass is 273 g/mol. The summed E-state index contributed by atoms with van der Waals surface area (Å²) in [5.74, 6) is 0.866. The van der Waals surface area contributed by atoms with Crippen LogP contribution in [-0.2, 0) is 0 Å². The Balaban J connectivity index is 2.09. The van der Waals surface area contributed by atoms with E-state index in [2.05, 4.69) is 4.99 Å². The first kappa shape index (κ1) is 13.6. The van der Waals surface area contributed by atoms with Gasteiger partial charge >= 0.3 is 0 Å². The first-order chi connectivity index (χ1) is 9.15. The van der Waals surface area contributed by atoms with Crippen molar-refractivity contribution in [2.24, 2.45) is 4.99 Å². The van der Waals surface area contributed by atoms with E-state index in [0.29, 0.717) is 5.02 Å². The summed E-state index contributed by atoms with van der Waals surface area (Å²) < 4.78 is 5.59. The normalized spacial score (nSPS) is 11.2. The van der Waals surface area contributed by atoms with Crippen molar-refractivity contribution in [1.82, 2.24) is 0 Å². The molecule has 0 aliphatic heterocycles. The third kappa shape index (κ3) is 4.11. The van der Waals surface area contributed by atoms with Crippen molar-refractivity contribution in [2.45, 2.75) is 20.0 Å². The summed E-state index contributed by atoms with van der Waals surface area (Å²) in [7, 11) is 0. The fraction of sp³-hybridized carbons (Fsp3) is 0.188. The molecular formula is C16H16ClNO. The van der Waals surface area contributed by atoms with Gasteiger partial charge in [-0.3, -0.25) is 4.99 Å². The second-order valence-corrected chi connectivity index (χ2v) is 4.85. The van der Waals surface area contributed by atoms with Crippen molar-refractivity contribution in [3.05, 3.63) is 59.1 Å². The molecule has 3 heteroatoms. The van der Waals surface area contributed by atoms with Crippen LogP contribution in [0.3, 0.4) is 0 Å². The van der Waals surface area contributed by atoms with Gasteiger partial charge in [0.15, 0.2) is 0 Å². The van der Waals surface area contributed by atoms with Crippen molar-refractivity contribution in [2.75, 3.05) is 0 Å². The summed E-state index contributed by atoms with van der Waals surface area (Å²) in [6.45, 7) is 4.01. The molecule has 0 fully saturated rings. The Bertz CT molecular complexity index is 561. The molecule has 0 atom stereocenters. The van der Waals surface area contributed by atoms with E-state index in [-0.39, 0.29) is 6.10 Å². The van der Waals surface area contributed by atoms with Crippen LogP contribution in [0, 0.1) is 0 Å². The summed E-state index contributed by atoms with van der Waals surface area (Å²) in [6, 6.07) is 15.3. The molecule has 0 saturated carbocycles. The first-order valence-electron chi connectivity index (χ1n) is 6.20. The van der Waals surface area contributed by atoms with Crippen LogP contribution in [0.1, 0.15) is 19.4 Å². The van der Waals surface area contributed by atoms with Gasteiger partial charge < -0.3 is 4.74 Å². The second kappa shape index (κ2) is 6.39. The van der Waals surface area contributed by atoms with Gasteiger partial charge in [0.05, 0.1) is 16.8 Å². The molecule has 0 aromatic heterocycles. The van der Waals surface area contributed by atoms with Gasteiger partial charge in [-0.2, -0.15) is 0 Å². The van der Waals surface area contributed by atoms with Crippen LogP contribution in [0.5, 0.6) is 5.75 Å². The molecule has 2 rings (SSSR count). The number of para-hydroxylation sites is 1. The number of halogens is 1. The Kier molecular flexibility index (Phi) is 4.58. The van der Waals surface area contributed by atoms with Crippen molar-refractivity contribution in [3.63, 3.8) is 0 Å². The van der Waals surface area contributed by atoms with Crippen LogP contribution in [0.25, 0.3) is 0 Å². The van der Waals surface area contributed by atoms with Gasteiger partial charge in [-0.05, 0) is 55.8 Å². The molecule has 98 valence electrons. The Hall–Kier alpha value is -1.80. The minimum atomic E-state index is 0.183. The van der Waals surface area contributed by atoms with E-state index >= 15 is 0 Å². The molecule has 0 N–H and O–H groups in total. The maximum Gasteiger partial charge on any atom is 0.119 e. The molecule has 0 unspecified atom stereocenters. The fourth-order valence-electron chi connectivity index (χ4n) is 1.61. The predicted octanol–water partition coefficient (Wildman–Crippen LogP) is 4.88. The van der Waals surface area contributed by atoms with Gasteiger partial charge in [0, 0.05) is 6.21 Å². The molecule has 0 saturated heterocycles. The molecule has 0 heterocycles. The highest BCUT2D eigenvalue weighted by Crippen LogP contribution is 2.23. The maximum absolute atomic E-state index is 6.04. The van der Waals surface area contributed by atoms with E-state index in [4.69, 9.17) is 16.3 Å². The summed E-state index contributed by atoms with van der Waals surface area (Å²) in [6.07, 6.45) is 1.98. The molecule has 2 aromatic carbocycles. The summed E-state index contributed by atoms with van der Waals surface area (Å²) >= 11 is 6.04. The van der Waals surface area contributed by atoms with Crippen LogP contribution in [0.2, 0.25) is 5.02 Å². The summed E-state index contributed by atoms with van der Waals surface area (Å²) in [5.41, 5.74) is 1.78. The van der Waals surface area contributed by atoms with E-state index in [1.54, 1.807) is 6.21 Å². The van der Waals surface area contributed by atoms with E-state index < -0.39 is 0 Å². The first-order valence-corrected chi connectivity index (χ1v) is 6.58. The number of benzene rings is 2. The van der Waals surface area contributed by atoms with E-state index in [9.17, 15) is 0 Å². The molecule has 2 nitrogen and oxygen atoms in total. The van der Waals surface area contributed by atoms with Gasteiger partial charge in [0.2, 0.25) is 0 Å². The molecule has 0 bridgehead atoms. The van der Waals surface area contributed by atoms with Gasteiger partial charge in [-0.25, -0.2) is 0 Å². The Labute approximate surface area is 118 Å². The molecule has 0 spiro atoms. The van der Waals surface area contributed by atoms with Crippen LogP contribution in [-0.4, -0.2) is 12.3 Å². The van der Waals surface area contributed by atoms with Gasteiger partial charge in [-0.1, -0.05) is 23.7 Å². The van der Waals surface area contributed by atoms with Crippen molar-refractivity contribution < 1.29 is 4.74 Å². The number of hydrogen-bond donors (Lipinski definition) is 0. The highest BCUT2D eigenvalue weighted by Gasteiger charge is 1.98. The molecule has 2 aromatic rings. The molecule has 0 aliphatic rings. The highest BCUT2D eigenvalue weighted by atomic mass is 35.5. The zero-order valence-corrected chi connectivity index (χ0v) is 11.8. The number of ether oxygens (including phenoxy) is 1. The minimum absolute atomic E-state index is 0.183. The predicted molar refractivity (Wildman–Crippen MR) is 80.9 cm³/mol. The molecule has 0 amide bonds. The standard InChI is InChI=1S/C16H16ClNO/c1-12(2)19-14-9-7-13(8-10-14)11-18-16-6-4-3-5-15(16)17/h3-12H,1-2H3. The summed E-state index contributed by atoms with van der Waals surface area (Å²) in [4.78, 5) is 4.37. The SMILES string of the molecule is CC(C)Oc1ccc(C=Nc2ccccc2Cl)cc1. The smallest absolute Gasteiger partial charge is 0.119 e. The van der Waals surface area contributed by atoms with Crippen LogP contribution in [0.15, 0.2) is 53.5 Å². The highest BCUT2D eigenvalue weighted by molar-refractivity contribution is 6.33. The molecule has 0 aliphatic carbocycles. The quantitative estimate of drug-likeness (QED) is 0.728. The number of hydrogen-bond acceptors (Lipinski definition) is 2. The number of nitrogens with zero attached hydrogens (tertiary/aromatic N) is 1. The Morgan fingerprint density at radius 2 is 1.74 bits per heavy atom. The number of rotatable bonds is 4. The van der Waals surface area contributed by atoms with E-state index in [1.165, 1.54) is 0 Å². The average molecular weight is 274 g/mol. The summed E-state index contributed by atoms with van der Waals surface area (Å²) in [5, 5.41) is 0.651. The molecular weight excluding hydrogens is 258 g/mol. The topological polar surface area (TPSA) is 21.6 Å². The second-order valence-electron chi connectivity index (χ2n) is 4.45. The van der Waals surface area contributed by atoms with E-state index in [1.807, 2.05) is 62.4 Å². The van der Waals surface area contributed by atoms with Gasteiger partial charge in [-0.15, -0.1) is 0 Å². The molecule has 19 heavy (non-hydrogen) atoms. The van der Waals surface area contributed by atoms with Gasteiger partial charge in [0.25, 0.3) is 0 Å². The lowest BCUT2D eigenvalue weighted by molar-refractivity contribution is 0.242. The van der Waals surface area contributed by atoms with Crippen molar-refractivity contribution in [3.8, 4) is 5.75 Å². The fourth-order valence-corrected chi connectivity index (χ4v) is 1.79. The minimum Gasteiger partial charge on any atom is -0.491 e. The largest absolute Gasteiger partial charge is 0.491 e.